The van der Waals surface area contributed by atoms with Crippen molar-refractivity contribution in [3.05, 3.63) is 11.6 Å². The molecule has 0 bridgehead atoms. The van der Waals surface area contributed by atoms with Crippen LogP contribution in [0.1, 0.15) is 42.1 Å². The lowest BCUT2D eigenvalue weighted by atomic mass is 9.89. The van der Waals surface area contributed by atoms with Gasteiger partial charge in [-0.3, -0.25) is 9.89 Å². The van der Waals surface area contributed by atoms with Crippen LogP contribution in [0.15, 0.2) is 0 Å². The third kappa shape index (κ3) is 2.17. The lowest BCUT2D eigenvalue weighted by Gasteiger charge is -2.37. The first-order valence-corrected chi connectivity index (χ1v) is 5.95. The highest BCUT2D eigenvalue weighted by molar-refractivity contribution is 5.90. The third-order valence-corrected chi connectivity index (χ3v) is 3.25. The summed E-state index contributed by atoms with van der Waals surface area (Å²) in [6.07, 6.45) is 2.29. The molecule has 1 aliphatic heterocycles. The number of aromatic nitrogens is 3. The van der Waals surface area contributed by atoms with Crippen molar-refractivity contribution < 1.29 is 9.53 Å². The maximum atomic E-state index is 11.8. The predicted molar refractivity (Wildman–Crippen MR) is 59.6 cm³/mol. The molecule has 1 saturated carbocycles. The molecule has 0 unspecified atom stereocenters. The molecule has 1 aliphatic carbocycles. The SMILES string of the molecule is CC1(CNC(=O)c2n[nH]c(C3CC3)n2)COC1. The number of nitrogens with zero attached hydrogens (tertiary/aromatic N) is 2. The molecule has 0 spiro atoms. The smallest absolute Gasteiger partial charge is 0.290 e. The van der Waals surface area contributed by atoms with Gasteiger partial charge in [-0.1, -0.05) is 6.92 Å². The Morgan fingerprint density at radius 3 is 2.94 bits per heavy atom. The lowest BCUT2D eigenvalue weighted by Crippen LogP contribution is -2.48. The van der Waals surface area contributed by atoms with Crippen LogP contribution in [0.5, 0.6) is 0 Å². The molecule has 2 fully saturated rings. The van der Waals surface area contributed by atoms with E-state index in [9.17, 15) is 4.79 Å². The summed E-state index contributed by atoms with van der Waals surface area (Å²) in [5.74, 6) is 1.37. The van der Waals surface area contributed by atoms with E-state index in [0.29, 0.717) is 25.7 Å². The van der Waals surface area contributed by atoms with E-state index >= 15 is 0 Å². The molecule has 0 radical (unpaired) electrons. The topological polar surface area (TPSA) is 79.9 Å². The molecule has 6 heteroatoms. The maximum absolute atomic E-state index is 11.8. The Kier molecular flexibility index (Phi) is 2.39. The molecular formula is C11H16N4O2. The normalized spacial score (nSPS) is 21.9. The largest absolute Gasteiger partial charge is 0.380 e. The minimum Gasteiger partial charge on any atom is -0.380 e. The number of carbonyl (C=O) groups excluding carboxylic acids is 1. The van der Waals surface area contributed by atoms with Crippen molar-refractivity contribution in [1.29, 1.82) is 0 Å². The minimum absolute atomic E-state index is 0.0747. The van der Waals surface area contributed by atoms with Gasteiger partial charge in [-0.2, -0.15) is 0 Å². The number of H-pyrrole nitrogens is 1. The number of hydrogen-bond acceptors (Lipinski definition) is 4. The van der Waals surface area contributed by atoms with Crippen LogP contribution in [0.3, 0.4) is 0 Å². The summed E-state index contributed by atoms with van der Waals surface area (Å²) >= 11 is 0. The van der Waals surface area contributed by atoms with E-state index in [1.165, 1.54) is 0 Å². The highest BCUT2D eigenvalue weighted by Crippen LogP contribution is 2.37. The van der Waals surface area contributed by atoms with E-state index in [2.05, 4.69) is 27.4 Å². The summed E-state index contributed by atoms with van der Waals surface area (Å²) in [5.41, 5.74) is 0.0747. The van der Waals surface area contributed by atoms with E-state index in [4.69, 9.17) is 4.74 Å². The average Bonchev–Trinajstić information content (AvgIpc) is 3.02. The van der Waals surface area contributed by atoms with Gasteiger partial charge in [-0.05, 0) is 12.8 Å². The van der Waals surface area contributed by atoms with Gasteiger partial charge in [-0.15, -0.1) is 5.10 Å². The Morgan fingerprint density at radius 1 is 1.59 bits per heavy atom. The van der Waals surface area contributed by atoms with E-state index in [1.807, 2.05) is 0 Å². The van der Waals surface area contributed by atoms with Gasteiger partial charge in [0, 0.05) is 17.9 Å². The van der Waals surface area contributed by atoms with E-state index in [-0.39, 0.29) is 17.1 Å². The quantitative estimate of drug-likeness (QED) is 0.795. The Hall–Kier alpha value is -1.43. The van der Waals surface area contributed by atoms with Gasteiger partial charge >= 0.3 is 0 Å². The summed E-state index contributed by atoms with van der Waals surface area (Å²) in [6.45, 7) is 4.10. The van der Waals surface area contributed by atoms with Crippen molar-refractivity contribution in [3.8, 4) is 0 Å². The van der Waals surface area contributed by atoms with Gasteiger partial charge in [0.25, 0.3) is 5.91 Å². The number of rotatable bonds is 4. The van der Waals surface area contributed by atoms with Crippen molar-refractivity contribution in [1.82, 2.24) is 20.5 Å². The second-order valence-corrected chi connectivity index (χ2v) is 5.30. The number of ether oxygens (including phenoxy) is 1. The second kappa shape index (κ2) is 3.80. The van der Waals surface area contributed by atoms with Crippen molar-refractivity contribution in [3.63, 3.8) is 0 Å². The molecule has 6 nitrogen and oxygen atoms in total. The zero-order valence-corrected chi connectivity index (χ0v) is 9.82. The fraction of sp³-hybridized carbons (Fsp3) is 0.727. The zero-order valence-electron chi connectivity index (χ0n) is 9.82. The molecule has 1 amide bonds. The van der Waals surface area contributed by atoms with E-state index < -0.39 is 0 Å². The number of nitrogens with one attached hydrogen (secondary N) is 2. The molecule has 2 N–H and O–H groups in total. The van der Waals surface area contributed by atoms with Crippen LogP contribution in [-0.2, 0) is 4.74 Å². The molecule has 17 heavy (non-hydrogen) atoms. The van der Waals surface area contributed by atoms with Gasteiger partial charge in [0.1, 0.15) is 5.82 Å². The van der Waals surface area contributed by atoms with Gasteiger partial charge in [0.15, 0.2) is 0 Å². The molecule has 1 saturated heterocycles. The number of hydrogen-bond donors (Lipinski definition) is 2. The van der Waals surface area contributed by atoms with Crippen molar-refractivity contribution in [2.24, 2.45) is 5.41 Å². The molecule has 0 aromatic carbocycles. The molecule has 0 atom stereocenters. The van der Waals surface area contributed by atoms with Crippen LogP contribution in [0.2, 0.25) is 0 Å². The van der Waals surface area contributed by atoms with Crippen molar-refractivity contribution in [2.75, 3.05) is 19.8 Å². The van der Waals surface area contributed by atoms with Gasteiger partial charge in [-0.25, -0.2) is 4.98 Å². The highest BCUT2D eigenvalue weighted by Gasteiger charge is 2.34. The molecule has 3 rings (SSSR count). The van der Waals surface area contributed by atoms with E-state index in [1.54, 1.807) is 0 Å². The van der Waals surface area contributed by atoms with Crippen LogP contribution in [0, 0.1) is 5.41 Å². The summed E-state index contributed by atoms with van der Waals surface area (Å²) < 4.78 is 5.13. The molecule has 1 aromatic heterocycles. The predicted octanol–water partition coefficient (Wildman–Crippen LogP) is 0.448. The summed E-state index contributed by atoms with van der Waals surface area (Å²) in [5, 5.41) is 9.62. The van der Waals surface area contributed by atoms with Crippen LogP contribution in [0.25, 0.3) is 0 Å². The zero-order chi connectivity index (χ0) is 11.9. The molecule has 2 aliphatic rings. The molecule has 2 heterocycles. The van der Waals surface area contributed by atoms with Crippen LogP contribution >= 0.6 is 0 Å². The first-order valence-electron chi connectivity index (χ1n) is 5.95. The maximum Gasteiger partial charge on any atom is 0.290 e. The summed E-state index contributed by atoms with van der Waals surface area (Å²) in [6, 6.07) is 0. The van der Waals surface area contributed by atoms with E-state index in [0.717, 1.165) is 18.7 Å². The number of aromatic amines is 1. The average molecular weight is 236 g/mol. The van der Waals surface area contributed by atoms with Gasteiger partial charge in [0.2, 0.25) is 5.82 Å². The van der Waals surface area contributed by atoms with Crippen molar-refractivity contribution >= 4 is 5.91 Å². The van der Waals surface area contributed by atoms with Crippen LogP contribution in [-0.4, -0.2) is 40.8 Å². The standard InChI is InChI=1S/C11H16N4O2/c1-11(5-17-6-11)4-12-10(16)9-13-8(14-15-9)7-2-3-7/h7H,2-6H2,1H3,(H,12,16)(H,13,14,15). The lowest BCUT2D eigenvalue weighted by molar-refractivity contribution is -0.0978. The number of amides is 1. The number of carbonyl (C=O) groups is 1. The Balaban J connectivity index is 1.57. The molecule has 1 aromatic rings. The molecular weight excluding hydrogens is 220 g/mol. The highest BCUT2D eigenvalue weighted by atomic mass is 16.5. The van der Waals surface area contributed by atoms with Crippen LogP contribution in [0.4, 0.5) is 0 Å². The first kappa shape index (κ1) is 10.7. The molecule has 92 valence electrons. The van der Waals surface area contributed by atoms with Gasteiger partial charge < -0.3 is 10.1 Å². The van der Waals surface area contributed by atoms with Crippen LogP contribution < -0.4 is 5.32 Å². The third-order valence-electron chi connectivity index (χ3n) is 3.25. The van der Waals surface area contributed by atoms with Gasteiger partial charge in [0.05, 0.1) is 13.2 Å². The Bertz CT molecular complexity index is 434. The van der Waals surface area contributed by atoms with Crippen molar-refractivity contribution in [2.45, 2.75) is 25.7 Å². The Labute approximate surface area is 99.1 Å². The summed E-state index contributed by atoms with van der Waals surface area (Å²) in [7, 11) is 0. The fourth-order valence-corrected chi connectivity index (χ4v) is 1.84. The fourth-order valence-electron chi connectivity index (χ4n) is 1.84. The monoisotopic (exact) mass is 236 g/mol. The first-order chi connectivity index (χ1) is 8.16. The second-order valence-electron chi connectivity index (χ2n) is 5.30. The summed E-state index contributed by atoms with van der Waals surface area (Å²) in [4.78, 5) is 16.0. The Morgan fingerprint density at radius 2 is 2.35 bits per heavy atom. The minimum atomic E-state index is -0.207.